The number of rotatable bonds is 7. The third-order valence-corrected chi connectivity index (χ3v) is 3.29. The monoisotopic (exact) mass is 265 g/mol. The van der Waals surface area contributed by atoms with E-state index >= 15 is 0 Å². The zero-order valence-corrected chi connectivity index (χ0v) is 12.2. The van der Waals surface area contributed by atoms with Crippen LogP contribution in [0.1, 0.15) is 37.3 Å². The fourth-order valence-corrected chi connectivity index (χ4v) is 2.17. The number of nitrogens with one attached hydrogen (secondary N) is 1. The molecule has 0 unspecified atom stereocenters. The molecule has 0 spiro atoms. The lowest BCUT2D eigenvalue weighted by molar-refractivity contribution is 0.690. The highest BCUT2D eigenvalue weighted by molar-refractivity contribution is 5.80. The largest absolute Gasteiger partial charge is 0.385 e. The van der Waals surface area contributed by atoms with Gasteiger partial charge in [-0.2, -0.15) is 0 Å². The molecule has 0 fully saturated rings. The van der Waals surface area contributed by atoms with E-state index in [2.05, 4.69) is 72.9 Å². The summed E-state index contributed by atoms with van der Waals surface area (Å²) in [5, 5.41) is 3.58. The molecule has 0 aliphatic carbocycles. The summed E-state index contributed by atoms with van der Waals surface area (Å²) < 4.78 is 0. The maximum Gasteiger partial charge on any atom is 0.0419 e. The van der Waals surface area contributed by atoms with Gasteiger partial charge in [0.05, 0.1) is 0 Å². The summed E-state index contributed by atoms with van der Waals surface area (Å²) in [6.45, 7) is 3.26. The highest BCUT2D eigenvalue weighted by atomic mass is 14.9. The van der Waals surface area contributed by atoms with E-state index in [1.165, 1.54) is 36.1 Å². The average molecular weight is 265 g/mol. The van der Waals surface area contributed by atoms with Crippen LogP contribution in [-0.4, -0.2) is 6.54 Å². The smallest absolute Gasteiger partial charge is 0.0419 e. The minimum Gasteiger partial charge on any atom is -0.385 e. The van der Waals surface area contributed by atoms with Gasteiger partial charge < -0.3 is 5.32 Å². The second kappa shape index (κ2) is 8.21. The predicted octanol–water partition coefficient (Wildman–Crippen LogP) is 4.96. The van der Waals surface area contributed by atoms with Crippen molar-refractivity contribution in [1.82, 2.24) is 5.32 Å². The molecule has 2 aromatic carbocycles. The van der Waals surface area contributed by atoms with Crippen LogP contribution in [0.2, 0.25) is 0 Å². The molecular formula is C19H23N. The Kier molecular flexibility index (Phi) is 5.91. The molecule has 0 amide bonds. The van der Waals surface area contributed by atoms with E-state index in [9.17, 15) is 0 Å². The van der Waals surface area contributed by atoms with Crippen LogP contribution < -0.4 is 5.32 Å². The molecule has 2 aromatic rings. The molecular weight excluding hydrogens is 242 g/mol. The SMILES string of the molecule is CCCCCNC(=Cc1ccccc1)c1ccccc1. The van der Waals surface area contributed by atoms with E-state index in [1.54, 1.807) is 0 Å². The molecule has 1 N–H and O–H groups in total. The van der Waals surface area contributed by atoms with Crippen LogP contribution in [0.15, 0.2) is 60.7 Å². The Morgan fingerprint density at radius 2 is 1.55 bits per heavy atom. The van der Waals surface area contributed by atoms with Crippen molar-refractivity contribution in [3.8, 4) is 0 Å². The maximum absolute atomic E-state index is 3.58. The molecule has 0 heterocycles. The topological polar surface area (TPSA) is 12.0 Å². The van der Waals surface area contributed by atoms with Crippen molar-refractivity contribution in [3.63, 3.8) is 0 Å². The van der Waals surface area contributed by atoms with Crippen molar-refractivity contribution in [3.05, 3.63) is 71.8 Å². The van der Waals surface area contributed by atoms with Gasteiger partial charge in [-0.15, -0.1) is 0 Å². The fourth-order valence-electron chi connectivity index (χ4n) is 2.17. The summed E-state index contributed by atoms with van der Waals surface area (Å²) in [7, 11) is 0. The number of benzene rings is 2. The van der Waals surface area contributed by atoms with Crippen LogP contribution in [-0.2, 0) is 0 Å². The van der Waals surface area contributed by atoms with Gasteiger partial charge in [0.25, 0.3) is 0 Å². The first kappa shape index (κ1) is 14.4. The lowest BCUT2D eigenvalue weighted by Gasteiger charge is -2.11. The first-order chi connectivity index (χ1) is 9.90. The Balaban J connectivity index is 2.14. The van der Waals surface area contributed by atoms with Crippen molar-refractivity contribution in [2.75, 3.05) is 6.54 Å². The van der Waals surface area contributed by atoms with Crippen molar-refractivity contribution in [2.24, 2.45) is 0 Å². The molecule has 0 radical (unpaired) electrons. The van der Waals surface area contributed by atoms with Crippen LogP contribution in [0.5, 0.6) is 0 Å². The Hall–Kier alpha value is -2.02. The molecule has 1 heteroatoms. The molecule has 0 aliphatic rings. The number of hydrogen-bond donors (Lipinski definition) is 1. The third-order valence-electron chi connectivity index (χ3n) is 3.29. The van der Waals surface area contributed by atoms with E-state index in [4.69, 9.17) is 0 Å². The Morgan fingerprint density at radius 1 is 0.900 bits per heavy atom. The Bertz CT molecular complexity index is 514. The van der Waals surface area contributed by atoms with E-state index in [1.807, 2.05) is 6.07 Å². The third kappa shape index (κ3) is 4.58. The summed E-state index contributed by atoms with van der Waals surface area (Å²) >= 11 is 0. The van der Waals surface area contributed by atoms with Crippen molar-refractivity contribution in [2.45, 2.75) is 26.2 Å². The summed E-state index contributed by atoms with van der Waals surface area (Å²) in [4.78, 5) is 0. The molecule has 0 saturated carbocycles. The van der Waals surface area contributed by atoms with E-state index in [0.29, 0.717) is 0 Å². The molecule has 20 heavy (non-hydrogen) atoms. The lowest BCUT2D eigenvalue weighted by Crippen LogP contribution is -2.13. The van der Waals surface area contributed by atoms with E-state index in [-0.39, 0.29) is 0 Å². The van der Waals surface area contributed by atoms with Gasteiger partial charge in [0, 0.05) is 12.2 Å². The zero-order valence-electron chi connectivity index (χ0n) is 12.2. The van der Waals surface area contributed by atoms with Crippen LogP contribution >= 0.6 is 0 Å². The van der Waals surface area contributed by atoms with Crippen LogP contribution in [0, 0.1) is 0 Å². The molecule has 0 atom stereocenters. The van der Waals surface area contributed by atoms with Gasteiger partial charge >= 0.3 is 0 Å². The normalized spacial score (nSPS) is 11.3. The molecule has 0 saturated heterocycles. The highest BCUT2D eigenvalue weighted by Crippen LogP contribution is 2.15. The minimum absolute atomic E-state index is 1.03. The molecule has 0 bridgehead atoms. The molecule has 1 nitrogen and oxygen atoms in total. The highest BCUT2D eigenvalue weighted by Gasteiger charge is 2.00. The average Bonchev–Trinajstić information content (AvgIpc) is 2.52. The van der Waals surface area contributed by atoms with Crippen molar-refractivity contribution in [1.29, 1.82) is 0 Å². The van der Waals surface area contributed by atoms with Crippen LogP contribution in [0.25, 0.3) is 11.8 Å². The zero-order chi connectivity index (χ0) is 14.0. The van der Waals surface area contributed by atoms with Crippen molar-refractivity contribution < 1.29 is 0 Å². The number of unbranched alkanes of at least 4 members (excludes halogenated alkanes) is 2. The van der Waals surface area contributed by atoms with Crippen LogP contribution in [0.3, 0.4) is 0 Å². The number of hydrogen-bond acceptors (Lipinski definition) is 1. The van der Waals surface area contributed by atoms with Gasteiger partial charge in [0.2, 0.25) is 0 Å². The van der Waals surface area contributed by atoms with Crippen molar-refractivity contribution >= 4 is 11.8 Å². The standard InChI is InChI=1S/C19H23N/c1-2-3-10-15-20-19(18-13-8-5-9-14-18)16-17-11-6-4-7-12-17/h4-9,11-14,16,20H,2-3,10,15H2,1H3. The molecule has 0 aromatic heterocycles. The Labute approximate surface area is 122 Å². The Morgan fingerprint density at radius 3 is 2.20 bits per heavy atom. The van der Waals surface area contributed by atoms with Gasteiger partial charge in [-0.05, 0) is 23.6 Å². The first-order valence-electron chi connectivity index (χ1n) is 7.46. The summed E-state index contributed by atoms with van der Waals surface area (Å²) in [6.07, 6.45) is 5.97. The van der Waals surface area contributed by atoms with Gasteiger partial charge in [-0.1, -0.05) is 80.4 Å². The maximum atomic E-state index is 3.58. The van der Waals surface area contributed by atoms with Gasteiger partial charge in [-0.3, -0.25) is 0 Å². The van der Waals surface area contributed by atoms with E-state index < -0.39 is 0 Å². The van der Waals surface area contributed by atoms with Gasteiger partial charge in [0.15, 0.2) is 0 Å². The van der Waals surface area contributed by atoms with Gasteiger partial charge in [-0.25, -0.2) is 0 Å². The predicted molar refractivity (Wildman–Crippen MR) is 88.3 cm³/mol. The summed E-state index contributed by atoms with van der Waals surface area (Å²) in [5.74, 6) is 0. The van der Waals surface area contributed by atoms with E-state index in [0.717, 1.165) is 6.54 Å². The first-order valence-corrected chi connectivity index (χ1v) is 7.46. The summed E-state index contributed by atoms with van der Waals surface area (Å²) in [6, 6.07) is 21.0. The molecule has 104 valence electrons. The molecule has 2 rings (SSSR count). The lowest BCUT2D eigenvalue weighted by atomic mass is 10.1. The minimum atomic E-state index is 1.03. The quantitative estimate of drug-likeness (QED) is 0.551. The van der Waals surface area contributed by atoms with Gasteiger partial charge in [0.1, 0.15) is 0 Å². The second-order valence-electron chi connectivity index (χ2n) is 4.97. The fraction of sp³-hybridized carbons (Fsp3) is 0.263. The van der Waals surface area contributed by atoms with Crippen LogP contribution in [0.4, 0.5) is 0 Å². The second-order valence-corrected chi connectivity index (χ2v) is 4.97. The molecule has 0 aliphatic heterocycles. The summed E-state index contributed by atoms with van der Waals surface area (Å²) in [5.41, 5.74) is 3.68.